The van der Waals surface area contributed by atoms with Crippen molar-refractivity contribution in [1.82, 2.24) is 9.80 Å². The normalized spacial score (nSPS) is 16.0. The molecular formula is C19H25ClN2O4. The molecule has 6 nitrogen and oxygen atoms in total. The minimum atomic E-state index is -0.643. The van der Waals surface area contributed by atoms with Crippen molar-refractivity contribution in [2.75, 3.05) is 39.3 Å². The van der Waals surface area contributed by atoms with Crippen LogP contribution in [0.5, 0.6) is 5.75 Å². The molecule has 1 saturated heterocycles. The summed E-state index contributed by atoms with van der Waals surface area (Å²) in [5, 5.41) is 10.2. The van der Waals surface area contributed by atoms with Crippen LogP contribution in [0.15, 0.2) is 47.1 Å². The van der Waals surface area contributed by atoms with E-state index < -0.39 is 6.10 Å². The summed E-state index contributed by atoms with van der Waals surface area (Å²) in [6, 6.07) is 10.9. The van der Waals surface area contributed by atoms with Gasteiger partial charge in [-0.15, -0.1) is 12.4 Å². The Morgan fingerprint density at radius 1 is 1.19 bits per heavy atom. The Labute approximate surface area is 159 Å². The second-order valence-corrected chi connectivity index (χ2v) is 6.05. The summed E-state index contributed by atoms with van der Waals surface area (Å²) in [4.78, 5) is 16.8. The minimum absolute atomic E-state index is 0. The fourth-order valence-electron chi connectivity index (χ4n) is 3.04. The van der Waals surface area contributed by atoms with Crippen molar-refractivity contribution in [2.24, 2.45) is 0 Å². The molecule has 1 amide bonds. The zero-order valence-electron chi connectivity index (χ0n) is 14.8. The Balaban J connectivity index is 0.00000243. The molecule has 26 heavy (non-hydrogen) atoms. The Bertz CT molecular complexity index is 685. The molecule has 1 aliphatic heterocycles. The maximum absolute atomic E-state index is 12.8. The maximum atomic E-state index is 12.8. The van der Waals surface area contributed by atoms with Gasteiger partial charge in [0.15, 0.2) is 0 Å². The summed E-state index contributed by atoms with van der Waals surface area (Å²) in [6.45, 7) is 5.65. The highest BCUT2D eigenvalue weighted by Gasteiger charge is 2.25. The molecular weight excluding hydrogens is 356 g/mol. The minimum Gasteiger partial charge on any atom is -0.493 e. The van der Waals surface area contributed by atoms with E-state index in [0.717, 1.165) is 13.1 Å². The fourth-order valence-corrected chi connectivity index (χ4v) is 3.04. The Kier molecular flexibility index (Phi) is 7.50. The molecule has 1 aromatic carbocycles. The van der Waals surface area contributed by atoms with E-state index in [2.05, 4.69) is 4.90 Å². The molecule has 7 heteroatoms. The van der Waals surface area contributed by atoms with E-state index in [1.807, 2.05) is 30.0 Å². The molecule has 142 valence electrons. The van der Waals surface area contributed by atoms with Crippen LogP contribution in [0.1, 0.15) is 29.1 Å². The quantitative estimate of drug-likeness (QED) is 0.834. The van der Waals surface area contributed by atoms with E-state index in [1.165, 1.54) is 0 Å². The predicted octanol–water partition coefficient (Wildman–Crippen LogP) is 2.59. The van der Waals surface area contributed by atoms with Gasteiger partial charge in [-0.1, -0.05) is 12.1 Å². The molecule has 1 aliphatic rings. The number of piperazine rings is 1. The first-order chi connectivity index (χ1) is 12.2. The van der Waals surface area contributed by atoms with Gasteiger partial charge in [0, 0.05) is 32.7 Å². The van der Waals surface area contributed by atoms with E-state index >= 15 is 0 Å². The molecule has 1 unspecified atom stereocenters. The molecule has 1 aromatic heterocycles. The highest BCUT2D eigenvalue weighted by Crippen LogP contribution is 2.21. The highest BCUT2D eigenvalue weighted by atomic mass is 35.5. The van der Waals surface area contributed by atoms with E-state index in [-0.39, 0.29) is 18.3 Å². The molecule has 0 spiro atoms. The Morgan fingerprint density at radius 3 is 2.58 bits per heavy atom. The van der Waals surface area contributed by atoms with Crippen molar-refractivity contribution in [3.8, 4) is 5.75 Å². The summed E-state index contributed by atoms with van der Waals surface area (Å²) < 4.78 is 10.8. The van der Waals surface area contributed by atoms with Crippen LogP contribution in [0, 0.1) is 0 Å². The average Bonchev–Trinajstić information content (AvgIpc) is 3.17. The lowest BCUT2D eigenvalue weighted by molar-refractivity contribution is 0.0483. The van der Waals surface area contributed by atoms with Crippen LogP contribution in [0.4, 0.5) is 0 Å². The van der Waals surface area contributed by atoms with Crippen LogP contribution in [0.25, 0.3) is 0 Å². The number of aliphatic hydroxyl groups excluding tert-OH is 1. The standard InChI is InChI=1S/C19H24N2O4.ClH/c1-2-24-17-7-4-3-6-15(17)19(23)21-11-9-20(10-12-21)14-16(22)18-8-5-13-25-18;/h3-8,13,16,22H,2,9-12,14H2,1H3;1H. The van der Waals surface area contributed by atoms with Crippen molar-refractivity contribution >= 4 is 18.3 Å². The van der Waals surface area contributed by atoms with Crippen molar-refractivity contribution < 1.29 is 19.1 Å². The van der Waals surface area contributed by atoms with Crippen molar-refractivity contribution in [2.45, 2.75) is 13.0 Å². The zero-order valence-corrected chi connectivity index (χ0v) is 15.7. The van der Waals surface area contributed by atoms with E-state index in [1.54, 1.807) is 24.5 Å². The summed E-state index contributed by atoms with van der Waals surface area (Å²) in [5.41, 5.74) is 0.605. The van der Waals surface area contributed by atoms with Gasteiger partial charge >= 0.3 is 0 Å². The number of furan rings is 1. The summed E-state index contributed by atoms with van der Waals surface area (Å²) in [7, 11) is 0. The Hall–Kier alpha value is -2.02. The van der Waals surface area contributed by atoms with Gasteiger partial charge in [-0.2, -0.15) is 0 Å². The van der Waals surface area contributed by atoms with Crippen LogP contribution >= 0.6 is 12.4 Å². The summed E-state index contributed by atoms with van der Waals surface area (Å²) in [5.74, 6) is 1.20. The number of para-hydroxylation sites is 1. The topological polar surface area (TPSA) is 66.2 Å². The van der Waals surface area contributed by atoms with Crippen LogP contribution < -0.4 is 4.74 Å². The number of aliphatic hydroxyl groups is 1. The Morgan fingerprint density at radius 2 is 1.92 bits per heavy atom. The van der Waals surface area contributed by atoms with E-state index in [9.17, 15) is 9.90 Å². The monoisotopic (exact) mass is 380 g/mol. The lowest BCUT2D eigenvalue weighted by Gasteiger charge is -2.35. The first-order valence-electron chi connectivity index (χ1n) is 8.64. The lowest BCUT2D eigenvalue weighted by Crippen LogP contribution is -2.49. The number of carbonyl (C=O) groups is 1. The number of halogens is 1. The molecule has 0 saturated carbocycles. The van der Waals surface area contributed by atoms with Crippen molar-refractivity contribution in [1.29, 1.82) is 0 Å². The number of β-amino-alcohol motifs (C(OH)–C–C–N with tert-alkyl or cyclic N) is 1. The molecule has 0 aliphatic carbocycles. The number of hydrogen-bond donors (Lipinski definition) is 1. The molecule has 1 atom stereocenters. The van der Waals surface area contributed by atoms with Gasteiger partial charge in [0.1, 0.15) is 17.6 Å². The SMILES string of the molecule is CCOc1ccccc1C(=O)N1CCN(CC(O)c2ccco2)CC1.Cl. The third-order valence-electron chi connectivity index (χ3n) is 4.38. The molecule has 1 fully saturated rings. The molecule has 0 radical (unpaired) electrons. The number of benzene rings is 1. The van der Waals surface area contributed by atoms with Crippen LogP contribution in [0.3, 0.4) is 0 Å². The largest absolute Gasteiger partial charge is 0.493 e. The molecule has 2 heterocycles. The van der Waals surface area contributed by atoms with Gasteiger partial charge < -0.3 is 19.2 Å². The second kappa shape index (κ2) is 9.62. The third kappa shape index (κ3) is 4.78. The predicted molar refractivity (Wildman–Crippen MR) is 101 cm³/mol. The molecule has 2 aromatic rings. The summed E-state index contributed by atoms with van der Waals surface area (Å²) >= 11 is 0. The van der Waals surface area contributed by atoms with Crippen LogP contribution in [-0.4, -0.2) is 60.1 Å². The zero-order chi connectivity index (χ0) is 17.6. The first-order valence-corrected chi connectivity index (χ1v) is 8.64. The molecule has 1 N–H and O–H groups in total. The molecule has 3 rings (SSSR count). The number of rotatable bonds is 6. The number of nitrogens with zero attached hydrogens (tertiary/aromatic N) is 2. The van der Waals surface area contributed by atoms with Crippen molar-refractivity contribution in [3.05, 3.63) is 54.0 Å². The van der Waals surface area contributed by atoms with Gasteiger partial charge in [-0.3, -0.25) is 9.69 Å². The van der Waals surface area contributed by atoms with Gasteiger partial charge in [0.25, 0.3) is 5.91 Å². The van der Waals surface area contributed by atoms with E-state index in [4.69, 9.17) is 9.15 Å². The smallest absolute Gasteiger partial charge is 0.257 e. The van der Waals surface area contributed by atoms with Gasteiger partial charge in [-0.05, 0) is 31.2 Å². The number of carbonyl (C=O) groups excluding carboxylic acids is 1. The molecule has 0 bridgehead atoms. The van der Waals surface area contributed by atoms with E-state index in [0.29, 0.717) is 43.3 Å². The van der Waals surface area contributed by atoms with Gasteiger partial charge in [0.2, 0.25) is 0 Å². The van der Waals surface area contributed by atoms with Gasteiger partial charge in [-0.25, -0.2) is 0 Å². The second-order valence-electron chi connectivity index (χ2n) is 6.05. The average molecular weight is 381 g/mol. The maximum Gasteiger partial charge on any atom is 0.257 e. The third-order valence-corrected chi connectivity index (χ3v) is 4.38. The lowest BCUT2D eigenvalue weighted by atomic mass is 10.1. The van der Waals surface area contributed by atoms with Crippen molar-refractivity contribution in [3.63, 3.8) is 0 Å². The van der Waals surface area contributed by atoms with Crippen LogP contribution in [0.2, 0.25) is 0 Å². The van der Waals surface area contributed by atoms with Gasteiger partial charge in [0.05, 0.1) is 18.4 Å². The number of ether oxygens (including phenoxy) is 1. The van der Waals surface area contributed by atoms with Crippen LogP contribution in [-0.2, 0) is 0 Å². The number of hydrogen-bond acceptors (Lipinski definition) is 5. The first kappa shape index (κ1) is 20.3. The summed E-state index contributed by atoms with van der Waals surface area (Å²) in [6.07, 6.45) is 0.918. The fraction of sp³-hybridized carbons (Fsp3) is 0.421. The highest BCUT2D eigenvalue weighted by molar-refractivity contribution is 5.97. The number of amides is 1.